The van der Waals surface area contributed by atoms with Crippen LogP contribution < -0.4 is 21.8 Å². The molecule has 1 aromatic carbocycles. The molecule has 0 bridgehead atoms. The van der Waals surface area contributed by atoms with Gasteiger partial charge in [0.15, 0.2) is 5.43 Å². The van der Waals surface area contributed by atoms with Gasteiger partial charge in [-0.3, -0.25) is 14.4 Å². The number of rotatable bonds is 7. The van der Waals surface area contributed by atoms with Crippen LogP contribution in [0.2, 0.25) is 0 Å². The number of hydrogen-bond acceptors (Lipinski definition) is 5. The molecule has 4 N–H and O–H groups in total. The second-order valence-electron chi connectivity index (χ2n) is 8.78. The Morgan fingerprint density at radius 1 is 1.06 bits per heavy atom. The summed E-state index contributed by atoms with van der Waals surface area (Å²) in [5.74, 6) is 0.0442. The molecule has 2 aromatic heterocycles. The van der Waals surface area contributed by atoms with Crippen LogP contribution in [0.4, 0.5) is 5.82 Å². The molecule has 1 aliphatic carbocycles. The summed E-state index contributed by atoms with van der Waals surface area (Å²) in [7, 11) is 1.53. The van der Waals surface area contributed by atoms with Crippen molar-refractivity contribution in [2.45, 2.75) is 58.0 Å². The zero-order valence-electron chi connectivity index (χ0n) is 19.7. The van der Waals surface area contributed by atoms with Gasteiger partial charge in [-0.25, -0.2) is 4.98 Å². The summed E-state index contributed by atoms with van der Waals surface area (Å²) in [5, 5.41) is 6.08. The highest BCUT2D eigenvalue weighted by Crippen LogP contribution is 2.24. The number of amides is 2. The highest BCUT2D eigenvalue weighted by atomic mass is 16.2. The Balaban J connectivity index is 1.61. The summed E-state index contributed by atoms with van der Waals surface area (Å²) >= 11 is 0. The molecule has 3 aromatic rings. The quantitative estimate of drug-likeness (QED) is 0.500. The maximum absolute atomic E-state index is 13.0. The van der Waals surface area contributed by atoms with Crippen molar-refractivity contribution in [1.29, 1.82) is 0 Å². The van der Waals surface area contributed by atoms with Crippen molar-refractivity contribution in [2.75, 3.05) is 12.8 Å². The number of aryl methyl sites for hydroxylation is 1. The van der Waals surface area contributed by atoms with E-state index in [9.17, 15) is 14.4 Å². The summed E-state index contributed by atoms with van der Waals surface area (Å²) < 4.78 is 1.76. The molecule has 0 radical (unpaired) electrons. The fraction of sp³-hybridized carbons (Fsp3) is 0.385. The van der Waals surface area contributed by atoms with E-state index in [-0.39, 0.29) is 35.0 Å². The predicted octanol–water partition coefficient (Wildman–Crippen LogP) is 2.56. The minimum Gasteiger partial charge on any atom is -0.385 e. The minimum absolute atomic E-state index is 0.0541. The largest absolute Gasteiger partial charge is 0.385 e. The molecule has 0 saturated heterocycles. The van der Waals surface area contributed by atoms with E-state index in [1.54, 1.807) is 16.7 Å². The average Bonchev–Trinajstić information content (AvgIpc) is 3.35. The molecule has 8 nitrogen and oxygen atoms in total. The number of aromatic nitrogens is 2. The van der Waals surface area contributed by atoms with Gasteiger partial charge >= 0.3 is 0 Å². The SMILES string of the molecule is CCn1c(N)c(CC(=O)NC)c(=O)c2ccc(-c3ccc(CC(=O)NC4CCCC4)cc3)nc21. The number of fused-ring (bicyclic) bond motifs is 1. The van der Waals surface area contributed by atoms with Crippen LogP contribution in [0.25, 0.3) is 22.3 Å². The maximum atomic E-state index is 13.0. The number of carbonyl (C=O) groups excluding carboxylic acids is 2. The number of nitrogens with one attached hydrogen (secondary N) is 2. The monoisotopic (exact) mass is 461 g/mol. The number of nitrogens with zero attached hydrogens (tertiary/aromatic N) is 2. The fourth-order valence-electron chi connectivity index (χ4n) is 4.62. The van der Waals surface area contributed by atoms with Gasteiger partial charge in [-0.05, 0) is 37.5 Å². The van der Waals surface area contributed by atoms with Gasteiger partial charge in [-0.1, -0.05) is 37.1 Å². The number of anilines is 1. The van der Waals surface area contributed by atoms with E-state index in [4.69, 9.17) is 10.7 Å². The van der Waals surface area contributed by atoms with Crippen LogP contribution in [0.3, 0.4) is 0 Å². The van der Waals surface area contributed by atoms with Gasteiger partial charge in [-0.2, -0.15) is 0 Å². The standard InChI is InChI=1S/C26H31N5O3/c1-3-31-25(27)20(15-22(32)28-2)24(34)19-12-13-21(30-26(19)31)17-10-8-16(9-11-17)14-23(33)29-18-6-4-5-7-18/h8-13,18H,3-7,14-15,27H2,1-2H3,(H,28,32)(H,29,33). The highest BCUT2D eigenvalue weighted by molar-refractivity contribution is 5.85. The average molecular weight is 462 g/mol. The van der Waals surface area contributed by atoms with Crippen molar-refractivity contribution in [3.05, 3.63) is 57.7 Å². The van der Waals surface area contributed by atoms with Crippen LogP contribution in [0.5, 0.6) is 0 Å². The topological polar surface area (TPSA) is 119 Å². The Labute approximate surface area is 198 Å². The van der Waals surface area contributed by atoms with Gasteiger partial charge in [0.2, 0.25) is 11.8 Å². The van der Waals surface area contributed by atoms with Crippen molar-refractivity contribution < 1.29 is 9.59 Å². The summed E-state index contributed by atoms with van der Waals surface area (Å²) in [6, 6.07) is 11.6. The van der Waals surface area contributed by atoms with E-state index in [0.717, 1.165) is 24.0 Å². The lowest BCUT2D eigenvalue weighted by atomic mass is 10.0. The summed E-state index contributed by atoms with van der Waals surface area (Å²) in [4.78, 5) is 42.0. The molecule has 0 spiro atoms. The molecular formula is C26H31N5O3. The normalized spacial score (nSPS) is 13.8. The molecule has 34 heavy (non-hydrogen) atoms. The first kappa shape index (κ1) is 23.5. The van der Waals surface area contributed by atoms with E-state index in [1.165, 1.54) is 19.9 Å². The number of pyridine rings is 2. The van der Waals surface area contributed by atoms with E-state index in [0.29, 0.717) is 35.7 Å². The van der Waals surface area contributed by atoms with Crippen molar-refractivity contribution in [2.24, 2.45) is 0 Å². The fourth-order valence-corrected chi connectivity index (χ4v) is 4.62. The van der Waals surface area contributed by atoms with E-state index in [2.05, 4.69) is 10.6 Å². The zero-order chi connectivity index (χ0) is 24.2. The van der Waals surface area contributed by atoms with Gasteiger partial charge in [0.1, 0.15) is 11.5 Å². The second kappa shape index (κ2) is 10.1. The van der Waals surface area contributed by atoms with Gasteiger partial charge in [-0.15, -0.1) is 0 Å². The molecule has 0 unspecified atom stereocenters. The van der Waals surface area contributed by atoms with Gasteiger partial charge in [0, 0.05) is 30.8 Å². The maximum Gasteiger partial charge on any atom is 0.224 e. The van der Waals surface area contributed by atoms with Gasteiger partial charge in [0.25, 0.3) is 0 Å². The molecule has 178 valence electrons. The number of benzene rings is 1. The predicted molar refractivity (Wildman–Crippen MR) is 133 cm³/mol. The van der Waals surface area contributed by atoms with E-state index in [1.807, 2.05) is 31.2 Å². The van der Waals surface area contributed by atoms with Gasteiger partial charge < -0.3 is 20.9 Å². The number of hydrogen-bond donors (Lipinski definition) is 3. The number of nitrogens with two attached hydrogens (primary N) is 1. The lowest BCUT2D eigenvalue weighted by molar-refractivity contribution is -0.121. The smallest absolute Gasteiger partial charge is 0.224 e. The Bertz CT molecular complexity index is 1270. The van der Waals surface area contributed by atoms with Gasteiger partial charge in [0.05, 0.1) is 23.9 Å². The lowest BCUT2D eigenvalue weighted by Crippen LogP contribution is -2.33. The zero-order valence-corrected chi connectivity index (χ0v) is 19.7. The Hall–Kier alpha value is -3.68. The molecule has 0 aliphatic heterocycles. The first-order valence-corrected chi connectivity index (χ1v) is 11.8. The summed E-state index contributed by atoms with van der Waals surface area (Å²) in [6.07, 6.45) is 4.78. The van der Waals surface area contributed by atoms with Crippen molar-refractivity contribution in [3.63, 3.8) is 0 Å². The lowest BCUT2D eigenvalue weighted by Gasteiger charge is -2.16. The molecular weight excluding hydrogens is 430 g/mol. The summed E-state index contributed by atoms with van der Waals surface area (Å²) in [5.41, 5.74) is 9.30. The van der Waals surface area contributed by atoms with Crippen LogP contribution in [0, 0.1) is 0 Å². The Morgan fingerprint density at radius 2 is 1.76 bits per heavy atom. The summed E-state index contributed by atoms with van der Waals surface area (Å²) in [6.45, 7) is 2.43. The number of carbonyl (C=O) groups is 2. The number of nitrogen functional groups attached to an aromatic ring is 1. The van der Waals surface area contributed by atoms with Crippen LogP contribution in [-0.2, 0) is 29.0 Å². The molecule has 2 amide bonds. The van der Waals surface area contributed by atoms with Crippen LogP contribution in [-0.4, -0.2) is 34.5 Å². The molecule has 2 heterocycles. The highest BCUT2D eigenvalue weighted by Gasteiger charge is 2.19. The molecule has 8 heteroatoms. The second-order valence-corrected chi connectivity index (χ2v) is 8.78. The third-order valence-corrected chi connectivity index (χ3v) is 6.52. The minimum atomic E-state index is -0.275. The number of likely N-dealkylation sites (N-methyl/N-ethyl adjacent to an activating group) is 1. The first-order chi connectivity index (χ1) is 16.4. The van der Waals surface area contributed by atoms with Crippen LogP contribution in [0.1, 0.15) is 43.7 Å². The molecule has 4 rings (SSSR count). The third-order valence-electron chi connectivity index (χ3n) is 6.52. The third kappa shape index (κ3) is 4.81. The van der Waals surface area contributed by atoms with Crippen molar-refractivity contribution >= 4 is 28.7 Å². The molecule has 1 fully saturated rings. The van der Waals surface area contributed by atoms with Crippen LogP contribution in [0.15, 0.2) is 41.2 Å². The Morgan fingerprint density at radius 3 is 2.41 bits per heavy atom. The van der Waals surface area contributed by atoms with Crippen LogP contribution >= 0.6 is 0 Å². The Kier molecular flexibility index (Phi) is 6.95. The van der Waals surface area contributed by atoms with Crippen molar-refractivity contribution in [1.82, 2.24) is 20.2 Å². The first-order valence-electron chi connectivity index (χ1n) is 11.8. The molecule has 1 aliphatic rings. The van der Waals surface area contributed by atoms with E-state index < -0.39 is 0 Å². The van der Waals surface area contributed by atoms with E-state index >= 15 is 0 Å². The molecule has 1 saturated carbocycles. The molecule has 0 atom stereocenters. The van der Waals surface area contributed by atoms with Crippen molar-refractivity contribution in [3.8, 4) is 11.3 Å².